The third-order valence-electron chi connectivity index (χ3n) is 4.85. The third-order valence-corrected chi connectivity index (χ3v) is 5.82. The van der Waals surface area contributed by atoms with Gasteiger partial charge in [-0.05, 0) is 57.2 Å². The van der Waals surface area contributed by atoms with Crippen LogP contribution in [0.2, 0.25) is 0 Å². The van der Waals surface area contributed by atoms with Crippen molar-refractivity contribution in [1.29, 1.82) is 0 Å². The molecule has 8 nitrogen and oxygen atoms in total. The van der Waals surface area contributed by atoms with Crippen LogP contribution < -0.4 is 15.4 Å². The third kappa shape index (κ3) is 6.71. The Hall–Kier alpha value is -3.59. The van der Waals surface area contributed by atoms with Gasteiger partial charge < -0.3 is 19.9 Å². The number of hydrogen-bond acceptors (Lipinski definition) is 6. The molecule has 1 heterocycles. The largest absolute Gasteiger partial charge is 0.494 e. The van der Waals surface area contributed by atoms with Crippen LogP contribution in [0.25, 0.3) is 0 Å². The summed E-state index contributed by atoms with van der Waals surface area (Å²) in [7, 11) is 0. The zero-order valence-corrected chi connectivity index (χ0v) is 20.4. The van der Waals surface area contributed by atoms with E-state index >= 15 is 0 Å². The molecule has 1 aromatic heterocycles. The fraction of sp³-hybridized carbons (Fsp3) is 0.280. The van der Waals surface area contributed by atoms with E-state index in [1.165, 1.54) is 11.8 Å². The SMILES string of the molecule is C=CCn1c(SCC(=O)Nc2ccc(OCC)cc2)nnc1[C@@H](C)NC(=O)c1cccc(C)c1. The highest BCUT2D eigenvalue weighted by molar-refractivity contribution is 7.99. The van der Waals surface area contributed by atoms with E-state index in [0.29, 0.717) is 35.4 Å². The standard InChI is InChI=1S/C25H29N5O3S/c1-5-14-30-23(18(4)26-24(32)19-9-7-8-17(3)15-19)28-29-25(30)34-16-22(31)27-20-10-12-21(13-11-20)33-6-2/h5,7-13,15,18H,1,6,14,16H2,2-4H3,(H,26,32)(H,27,31)/t18-/m1/s1. The van der Waals surface area contributed by atoms with Gasteiger partial charge in [-0.3, -0.25) is 9.59 Å². The van der Waals surface area contributed by atoms with Crippen molar-refractivity contribution in [3.63, 3.8) is 0 Å². The first kappa shape index (κ1) is 25.0. The maximum absolute atomic E-state index is 12.6. The Morgan fingerprint density at radius 2 is 1.97 bits per heavy atom. The molecule has 3 aromatic rings. The molecule has 3 rings (SSSR count). The zero-order chi connectivity index (χ0) is 24.5. The molecule has 0 bridgehead atoms. The fourth-order valence-corrected chi connectivity index (χ4v) is 4.04. The van der Waals surface area contributed by atoms with Crippen LogP contribution in [-0.4, -0.2) is 38.9 Å². The van der Waals surface area contributed by atoms with Crippen molar-refractivity contribution in [2.75, 3.05) is 17.7 Å². The van der Waals surface area contributed by atoms with Crippen LogP contribution >= 0.6 is 11.8 Å². The Kier molecular flexibility index (Phi) is 8.86. The molecule has 1 atom stereocenters. The monoisotopic (exact) mass is 479 g/mol. The summed E-state index contributed by atoms with van der Waals surface area (Å²) in [6.45, 7) is 10.6. The minimum Gasteiger partial charge on any atom is -0.494 e. The quantitative estimate of drug-likeness (QED) is 0.313. The summed E-state index contributed by atoms with van der Waals surface area (Å²) in [4.78, 5) is 25.1. The van der Waals surface area contributed by atoms with Gasteiger partial charge in [-0.1, -0.05) is 35.5 Å². The molecule has 2 amide bonds. The first-order valence-electron chi connectivity index (χ1n) is 11.0. The van der Waals surface area contributed by atoms with Gasteiger partial charge in [-0.2, -0.15) is 0 Å². The second-order valence-electron chi connectivity index (χ2n) is 7.60. The molecule has 2 N–H and O–H groups in total. The summed E-state index contributed by atoms with van der Waals surface area (Å²) in [5, 5.41) is 14.9. The van der Waals surface area contributed by atoms with E-state index in [0.717, 1.165) is 11.3 Å². The van der Waals surface area contributed by atoms with E-state index in [4.69, 9.17) is 4.74 Å². The van der Waals surface area contributed by atoms with E-state index in [1.807, 2.05) is 55.7 Å². The Morgan fingerprint density at radius 1 is 1.21 bits per heavy atom. The topological polar surface area (TPSA) is 98.1 Å². The zero-order valence-electron chi connectivity index (χ0n) is 19.6. The Balaban J connectivity index is 1.63. The summed E-state index contributed by atoms with van der Waals surface area (Å²) in [6, 6.07) is 14.2. The Labute approximate surface area is 203 Å². The van der Waals surface area contributed by atoms with Gasteiger partial charge in [0.05, 0.1) is 18.4 Å². The van der Waals surface area contributed by atoms with Gasteiger partial charge in [0.15, 0.2) is 11.0 Å². The van der Waals surface area contributed by atoms with Gasteiger partial charge in [-0.25, -0.2) is 0 Å². The van der Waals surface area contributed by atoms with Gasteiger partial charge in [0.2, 0.25) is 5.91 Å². The van der Waals surface area contributed by atoms with E-state index in [-0.39, 0.29) is 23.6 Å². The number of ether oxygens (including phenoxy) is 1. The average Bonchev–Trinajstić information content (AvgIpc) is 3.22. The Morgan fingerprint density at radius 3 is 2.65 bits per heavy atom. The second-order valence-corrected chi connectivity index (χ2v) is 8.54. The number of allylic oxidation sites excluding steroid dienone is 1. The predicted molar refractivity (Wildman–Crippen MR) is 134 cm³/mol. The molecule has 0 unspecified atom stereocenters. The van der Waals surface area contributed by atoms with Crippen molar-refractivity contribution in [3.05, 3.63) is 78.1 Å². The van der Waals surface area contributed by atoms with E-state index < -0.39 is 0 Å². The van der Waals surface area contributed by atoms with E-state index in [1.54, 1.807) is 24.3 Å². The molecule has 0 radical (unpaired) electrons. The fourth-order valence-electron chi connectivity index (χ4n) is 3.29. The molecule has 34 heavy (non-hydrogen) atoms. The molecule has 178 valence electrons. The number of hydrogen-bond donors (Lipinski definition) is 2. The summed E-state index contributed by atoms with van der Waals surface area (Å²) in [5.41, 5.74) is 2.29. The number of anilines is 1. The number of nitrogens with one attached hydrogen (secondary N) is 2. The molecule has 9 heteroatoms. The first-order valence-corrected chi connectivity index (χ1v) is 12.0. The average molecular weight is 480 g/mol. The summed E-state index contributed by atoms with van der Waals surface area (Å²) in [6.07, 6.45) is 1.73. The molecule has 0 spiro atoms. The number of aromatic nitrogens is 3. The van der Waals surface area contributed by atoms with Crippen LogP contribution in [0.15, 0.2) is 66.3 Å². The van der Waals surface area contributed by atoms with Crippen molar-refractivity contribution in [3.8, 4) is 5.75 Å². The van der Waals surface area contributed by atoms with Crippen molar-refractivity contribution >= 4 is 29.3 Å². The summed E-state index contributed by atoms with van der Waals surface area (Å²) < 4.78 is 7.26. The highest BCUT2D eigenvalue weighted by Gasteiger charge is 2.20. The maximum Gasteiger partial charge on any atom is 0.251 e. The number of aryl methyl sites for hydroxylation is 1. The minimum atomic E-state index is -0.382. The van der Waals surface area contributed by atoms with Gasteiger partial charge in [0.1, 0.15) is 5.75 Å². The molecular formula is C25H29N5O3S. The minimum absolute atomic E-state index is 0.159. The predicted octanol–water partition coefficient (Wildman–Crippen LogP) is 4.39. The lowest BCUT2D eigenvalue weighted by Crippen LogP contribution is -2.28. The van der Waals surface area contributed by atoms with Crippen LogP contribution in [0.1, 0.15) is 41.6 Å². The van der Waals surface area contributed by atoms with Crippen LogP contribution in [0, 0.1) is 6.92 Å². The smallest absolute Gasteiger partial charge is 0.251 e. The normalized spacial score (nSPS) is 11.5. The summed E-state index contributed by atoms with van der Waals surface area (Å²) in [5.74, 6) is 1.16. The Bertz CT molecular complexity index is 1140. The lowest BCUT2D eigenvalue weighted by Gasteiger charge is -2.15. The highest BCUT2D eigenvalue weighted by atomic mass is 32.2. The molecule has 0 saturated heterocycles. The molecule has 0 aliphatic heterocycles. The first-order chi connectivity index (χ1) is 16.4. The number of nitrogens with zero attached hydrogens (tertiary/aromatic N) is 3. The summed E-state index contributed by atoms with van der Waals surface area (Å²) >= 11 is 1.27. The highest BCUT2D eigenvalue weighted by Crippen LogP contribution is 2.22. The van der Waals surface area contributed by atoms with E-state index in [2.05, 4.69) is 27.4 Å². The number of carbonyl (C=O) groups excluding carboxylic acids is 2. The van der Waals surface area contributed by atoms with Gasteiger partial charge >= 0.3 is 0 Å². The molecule has 0 aliphatic carbocycles. The van der Waals surface area contributed by atoms with Crippen LogP contribution in [0.4, 0.5) is 5.69 Å². The maximum atomic E-state index is 12.6. The number of amides is 2. The number of thioether (sulfide) groups is 1. The lowest BCUT2D eigenvalue weighted by molar-refractivity contribution is -0.113. The lowest BCUT2D eigenvalue weighted by atomic mass is 10.1. The molecule has 2 aromatic carbocycles. The van der Waals surface area contributed by atoms with Crippen LogP contribution in [-0.2, 0) is 11.3 Å². The van der Waals surface area contributed by atoms with Crippen LogP contribution in [0.3, 0.4) is 0 Å². The van der Waals surface area contributed by atoms with Gasteiger partial charge in [0.25, 0.3) is 5.91 Å². The molecular weight excluding hydrogens is 450 g/mol. The van der Waals surface area contributed by atoms with Crippen molar-refractivity contribution in [2.24, 2.45) is 0 Å². The second kappa shape index (κ2) is 12.0. The number of rotatable bonds is 11. The number of benzene rings is 2. The van der Waals surface area contributed by atoms with Crippen molar-refractivity contribution < 1.29 is 14.3 Å². The number of carbonyl (C=O) groups is 2. The van der Waals surface area contributed by atoms with Crippen LogP contribution in [0.5, 0.6) is 5.75 Å². The molecule has 0 saturated carbocycles. The van der Waals surface area contributed by atoms with Crippen molar-refractivity contribution in [2.45, 2.75) is 38.5 Å². The molecule has 0 fully saturated rings. The van der Waals surface area contributed by atoms with Gasteiger partial charge in [0, 0.05) is 17.8 Å². The molecule has 0 aliphatic rings. The van der Waals surface area contributed by atoms with E-state index in [9.17, 15) is 9.59 Å². The van der Waals surface area contributed by atoms with Gasteiger partial charge in [-0.15, -0.1) is 16.8 Å². The van der Waals surface area contributed by atoms with Crippen molar-refractivity contribution in [1.82, 2.24) is 20.1 Å².